The number of carbonyl (C=O) groups is 2. The Morgan fingerprint density at radius 1 is 1.06 bits per heavy atom. The number of hydrogen-bond donors (Lipinski definition) is 1. The monoisotopic (exact) mass is 516 g/mol. The fourth-order valence-electron chi connectivity index (χ4n) is 4.20. The molecule has 1 saturated heterocycles. The molecule has 0 spiro atoms. The minimum atomic E-state index is -1.13. The van der Waals surface area contributed by atoms with E-state index in [0.29, 0.717) is 27.6 Å². The number of ether oxygens (including phenoxy) is 3. The molecule has 0 amide bonds. The zero-order chi connectivity index (χ0) is 24.7. The first-order valence-corrected chi connectivity index (χ1v) is 11.3. The second-order valence-corrected chi connectivity index (χ2v) is 9.06. The van der Waals surface area contributed by atoms with Crippen molar-refractivity contribution in [3.8, 4) is 0 Å². The molecule has 2 aliphatic rings. The number of hydrogen-bond acceptors (Lipinski definition) is 9. The van der Waals surface area contributed by atoms with Gasteiger partial charge in [-0.3, -0.25) is 4.57 Å². The van der Waals surface area contributed by atoms with E-state index in [1.165, 1.54) is 23.0 Å². The van der Waals surface area contributed by atoms with Gasteiger partial charge in [-0.1, -0.05) is 23.2 Å². The molecule has 1 saturated carbocycles. The Bertz CT molecular complexity index is 1350. The van der Waals surface area contributed by atoms with Crippen LogP contribution >= 0.6 is 23.2 Å². The van der Waals surface area contributed by atoms with Crippen molar-refractivity contribution in [3.05, 3.63) is 86.5 Å². The molecule has 2 aromatic carbocycles. The average Bonchev–Trinajstić information content (AvgIpc) is 3.21. The zero-order valence-corrected chi connectivity index (χ0v) is 19.5. The molecular weight excluding hydrogens is 499 g/mol. The fourth-order valence-corrected chi connectivity index (χ4v) is 4.45. The Hall–Kier alpha value is -3.47. The van der Waals surface area contributed by atoms with E-state index in [9.17, 15) is 14.4 Å². The Morgan fingerprint density at radius 2 is 1.66 bits per heavy atom. The van der Waals surface area contributed by atoms with E-state index >= 15 is 0 Å². The topological polar surface area (TPSA) is 136 Å². The number of nitrogen functional groups attached to an aromatic ring is 1. The Kier molecular flexibility index (Phi) is 5.96. The summed E-state index contributed by atoms with van der Waals surface area (Å²) in [5.41, 5.74) is 4.32. The summed E-state index contributed by atoms with van der Waals surface area (Å²) in [4.78, 5) is 45.0. The highest BCUT2D eigenvalue weighted by atomic mass is 35.5. The molecule has 3 aromatic rings. The van der Waals surface area contributed by atoms with Crippen molar-refractivity contribution in [1.29, 1.82) is 0 Å². The van der Waals surface area contributed by atoms with Crippen molar-refractivity contribution in [2.45, 2.75) is 24.4 Å². The third kappa shape index (κ3) is 4.47. The maximum atomic E-state index is 12.7. The number of carbonyl (C=O) groups excluding carboxylic acids is 2. The van der Waals surface area contributed by atoms with Crippen LogP contribution in [-0.2, 0) is 14.2 Å². The van der Waals surface area contributed by atoms with Gasteiger partial charge in [-0.05, 0) is 48.5 Å². The third-order valence-electron chi connectivity index (χ3n) is 6.06. The smallest absolute Gasteiger partial charge is 0.354 e. The van der Waals surface area contributed by atoms with E-state index in [1.807, 2.05) is 0 Å². The van der Waals surface area contributed by atoms with Crippen LogP contribution in [0.15, 0.2) is 59.7 Å². The standard InChI is InChI=1S/C23H18Cl2N4O6/c24-14-5-1-12(2-6-14)19(30)33-10-23-16(9-17(35-23)29-11-27-21(26)28-22(29)32)18(23)34-20(31)13-3-7-15(25)8-4-13/h1-8,11,16-18H,9-10H2,(H2,26,28,32)/t16?,17-,18?,23?/m1/s1. The first kappa shape index (κ1) is 23.3. The lowest BCUT2D eigenvalue weighted by Crippen LogP contribution is -2.34. The van der Waals surface area contributed by atoms with Gasteiger partial charge in [0.25, 0.3) is 0 Å². The third-order valence-corrected chi connectivity index (χ3v) is 6.56. The van der Waals surface area contributed by atoms with Crippen LogP contribution in [-0.4, -0.2) is 44.8 Å². The predicted molar refractivity (Wildman–Crippen MR) is 124 cm³/mol. The maximum absolute atomic E-state index is 12.7. The zero-order valence-electron chi connectivity index (χ0n) is 18.0. The number of halogens is 2. The van der Waals surface area contributed by atoms with Crippen LogP contribution in [0.3, 0.4) is 0 Å². The summed E-state index contributed by atoms with van der Waals surface area (Å²) in [7, 11) is 0. The van der Waals surface area contributed by atoms with Crippen molar-refractivity contribution >= 4 is 41.1 Å². The van der Waals surface area contributed by atoms with Gasteiger partial charge < -0.3 is 19.9 Å². The van der Waals surface area contributed by atoms with Crippen LogP contribution in [0.1, 0.15) is 33.4 Å². The molecule has 0 radical (unpaired) electrons. The first-order valence-electron chi connectivity index (χ1n) is 10.5. The van der Waals surface area contributed by atoms with Crippen molar-refractivity contribution in [2.24, 2.45) is 5.92 Å². The molecule has 2 heterocycles. The number of fused-ring (bicyclic) bond motifs is 1. The summed E-state index contributed by atoms with van der Waals surface area (Å²) in [5.74, 6) is -1.65. The van der Waals surface area contributed by atoms with Gasteiger partial charge >= 0.3 is 17.6 Å². The van der Waals surface area contributed by atoms with Crippen molar-refractivity contribution in [3.63, 3.8) is 0 Å². The van der Waals surface area contributed by atoms with Gasteiger partial charge in [-0.2, -0.15) is 4.98 Å². The minimum Gasteiger partial charge on any atom is -0.459 e. The number of nitrogens with two attached hydrogens (primary N) is 1. The Balaban J connectivity index is 1.34. The lowest BCUT2D eigenvalue weighted by atomic mass is 10.2. The van der Waals surface area contributed by atoms with Gasteiger partial charge in [-0.25, -0.2) is 19.4 Å². The van der Waals surface area contributed by atoms with Crippen molar-refractivity contribution in [1.82, 2.24) is 14.5 Å². The molecule has 10 nitrogen and oxygen atoms in total. The van der Waals surface area contributed by atoms with Gasteiger partial charge in [0.05, 0.1) is 11.1 Å². The van der Waals surface area contributed by atoms with Crippen LogP contribution in [0, 0.1) is 5.92 Å². The quantitative estimate of drug-likeness (QED) is 0.490. The van der Waals surface area contributed by atoms with Crippen LogP contribution in [0.2, 0.25) is 10.0 Å². The average molecular weight is 517 g/mol. The van der Waals surface area contributed by atoms with E-state index in [2.05, 4.69) is 9.97 Å². The lowest BCUT2D eigenvalue weighted by Gasteiger charge is -2.22. The van der Waals surface area contributed by atoms with E-state index in [1.54, 1.807) is 36.4 Å². The summed E-state index contributed by atoms with van der Waals surface area (Å²) in [5, 5.41) is 0.965. The van der Waals surface area contributed by atoms with Crippen molar-refractivity contribution in [2.75, 3.05) is 12.3 Å². The summed E-state index contributed by atoms with van der Waals surface area (Å²) in [6, 6.07) is 12.5. The van der Waals surface area contributed by atoms with Gasteiger partial charge in [0.1, 0.15) is 30.9 Å². The summed E-state index contributed by atoms with van der Waals surface area (Å²) in [6.07, 6.45) is 0.116. The highest BCUT2D eigenvalue weighted by molar-refractivity contribution is 6.31. The van der Waals surface area contributed by atoms with Crippen LogP contribution in [0.25, 0.3) is 0 Å². The summed E-state index contributed by atoms with van der Waals surface area (Å²) >= 11 is 11.8. The molecule has 180 valence electrons. The van der Waals surface area contributed by atoms with Crippen molar-refractivity contribution < 1.29 is 23.8 Å². The van der Waals surface area contributed by atoms with E-state index < -0.39 is 35.6 Å². The Morgan fingerprint density at radius 3 is 2.26 bits per heavy atom. The maximum Gasteiger partial charge on any atom is 0.354 e. The van der Waals surface area contributed by atoms with Crippen LogP contribution < -0.4 is 11.4 Å². The minimum absolute atomic E-state index is 0.157. The van der Waals surface area contributed by atoms with Crippen LogP contribution in [0.5, 0.6) is 0 Å². The number of esters is 2. The molecule has 1 aliphatic heterocycles. The molecule has 12 heteroatoms. The predicted octanol–water partition coefficient (Wildman–Crippen LogP) is 2.90. The molecule has 2 N–H and O–H groups in total. The molecule has 3 unspecified atom stereocenters. The van der Waals surface area contributed by atoms with E-state index in [4.69, 9.17) is 43.1 Å². The highest BCUT2D eigenvalue weighted by Gasteiger charge is 2.75. The molecule has 1 aromatic heterocycles. The molecular formula is C23H18Cl2N4O6. The Labute approximate surface area is 208 Å². The second-order valence-electron chi connectivity index (χ2n) is 8.19. The van der Waals surface area contributed by atoms with E-state index in [-0.39, 0.29) is 18.5 Å². The molecule has 1 aliphatic carbocycles. The normalized spacial score (nSPS) is 24.5. The number of nitrogens with zero attached hydrogens (tertiary/aromatic N) is 3. The number of benzene rings is 2. The summed E-state index contributed by atoms with van der Waals surface area (Å²) in [6.45, 7) is -0.196. The molecule has 4 atom stereocenters. The van der Waals surface area contributed by atoms with Gasteiger partial charge in [0.2, 0.25) is 5.95 Å². The van der Waals surface area contributed by atoms with Gasteiger partial charge in [0.15, 0.2) is 0 Å². The van der Waals surface area contributed by atoms with Gasteiger partial charge in [0, 0.05) is 22.4 Å². The van der Waals surface area contributed by atoms with Gasteiger partial charge in [-0.15, -0.1) is 0 Å². The molecule has 5 rings (SSSR count). The number of aromatic nitrogens is 3. The SMILES string of the molecule is Nc1ncn([C@H]2CC3C(OC(=O)c4ccc(Cl)cc4)C3(COC(=O)c3ccc(Cl)cc3)O2)c(=O)n1. The highest BCUT2D eigenvalue weighted by Crippen LogP contribution is 2.60. The number of rotatable bonds is 6. The van der Waals surface area contributed by atoms with Crippen LogP contribution in [0.4, 0.5) is 5.95 Å². The fraction of sp³-hybridized carbons (Fsp3) is 0.261. The molecule has 2 fully saturated rings. The molecule has 0 bridgehead atoms. The molecule has 35 heavy (non-hydrogen) atoms. The largest absolute Gasteiger partial charge is 0.459 e. The first-order chi connectivity index (χ1) is 16.8. The summed E-state index contributed by atoms with van der Waals surface area (Å²) < 4.78 is 18.5. The lowest BCUT2D eigenvalue weighted by molar-refractivity contribution is -0.0951. The number of anilines is 1. The second kappa shape index (κ2) is 8.95. The van der Waals surface area contributed by atoms with E-state index in [0.717, 1.165) is 0 Å².